The first-order valence-corrected chi connectivity index (χ1v) is 8.06. The van der Waals surface area contributed by atoms with E-state index in [-0.39, 0.29) is 18.6 Å². The average molecular weight is 312 g/mol. The summed E-state index contributed by atoms with van der Waals surface area (Å²) in [5.74, 6) is 0.413. The van der Waals surface area contributed by atoms with E-state index in [1.807, 2.05) is 11.8 Å². The molecule has 4 nitrogen and oxygen atoms in total. The van der Waals surface area contributed by atoms with E-state index in [1.165, 1.54) is 10.4 Å². The van der Waals surface area contributed by atoms with Gasteiger partial charge >= 0.3 is 0 Å². The van der Waals surface area contributed by atoms with Crippen LogP contribution in [0.4, 0.5) is 0 Å². The Morgan fingerprint density at radius 1 is 1.45 bits per heavy atom. The van der Waals surface area contributed by atoms with Gasteiger partial charge in [0, 0.05) is 11.4 Å². The number of para-hydroxylation sites is 1. The van der Waals surface area contributed by atoms with E-state index in [9.17, 15) is 4.79 Å². The highest BCUT2D eigenvalue weighted by molar-refractivity contribution is 7.10. The van der Waals surface area contributed by atoms with E-state index in [1.54, 1.807) is 35.6 Å². The molecule has 1 unspecified atom stereocenters. The zero-order valence-electron chi connectivity index (χ0n) is 12.3. The number of thiophene rings is 1. The number of carbonyl (C=O) groups excluding carboxylic acids is 1. The second-order valence-corrected chi connectivity index (χ2v) is 6.21. The van der Waals surface area contributed by atoms with Crippen molar-refractivity contribution in [3.63, 3.8) is 0 Å². The summed E-state index contributed by atoms with van der Waals surface area (Å²) < 4.78 is 5.55. The molecule has 0 aliphatic carbocycles. The summed E-state index contributed by atoms with van der Waals surface area (Å²) in [5, 5.41) is 11.1. The second kappa shape index (κ2) is 6.20. The number of nitrogens with zero attached hydrogens (tertiary/aromatic N) is 2. The lowest BCUT2D eigenvalue weighted by molar-refractivity contribution is -0.135. The summed E-state index contributed by atoms with van der Waals surface area (Å²) in [6.07, 6.45) is 0.901. The van der Waals surface area contributed by atoms with Gasteiger partial charge in [-0.05, 0) is 42.5 Å². The van der Waals surface area contributed by atoms with Gasteiger partial charge in [0.15, 0.2) is 6.61 Å². The molecule has 1 aliphatic rings. The monoisotopic (exact) mass is 312 g/mol. The van der Waals surface area contributed by atoms with Crippen LogP contribution in [0.15, 0.2) is 35.7 Å². The molecule has 3 rings (SSSR count). The lowest BCUT2D eigenvalue weighted by atomic mass is 10.0. The lowest BCUT2D eigenvalue weighted by Crippen LogP contribution is -2.40. The van der Waals surface area contributed by atoms with Gasteiger partial charge in [0.25, 0.3) is 5.91 Å². The van der Waals surface area contributed by atoms with Crippen molar-refractivity contribution < 1.29 is 9.53 Å². The third kappa shape index (κ3) is 2.70. The number of carbonyl (C=O) groups is 1. The van der Waals surface area contributed by atoms with Gasteiger partial charge in [-0.1, -0.05) is 12.1 Å². The Labute approximate surface area is 133 Å². The van der Waals surface area contributed by atoms with Crippen LogP contribution in [0.5, 0.6) is 5.75 Å². The molecule has 0 spiro atoms. The largest absolute Gasteiger partial charge is 0.482 e. The topological polar surface area (TPSA) is 53.3 Å². The van der Waals surface area contributed by atoms with Crippen LogP contribution in [0.25, 0.3) is 0 Å². The zero-order valence-corrected chi connectivity index (χ0v) is 13.1. The molecule has 1 aromatic carbocycles. The highest BCUT2D eigenvalue weighted by atomic mass is 32.1. The number of hydrogen-bond acceptors (Lipinski definition) is 4. The third-order valence-corrected chi connectivity index (χ3v) is 4.95. The fraction of sp³-hybridized carbons (Fsp3) is 0.294. The number of nitriles is 1. The Balaban J connectivity index is 1.67. The van der Waals surface area contributed by atoms with Gasteiger partial charge in [0.1, 0.15) is 11.8 Å². The minimum absolute atomic E-state index is 0.0392. The van der Waals surface area contributed by atoms with Gasteiger partial charge in [0.2, 0.25) is 0 Å². The van der Waals surface area contributed by atoms with Crippen LogP contribution in [0.3, 0.4) is 0 Å². The maximum absolute atomic E-state index is 12.4. The summed E-state index contributed by atoms with van der Waals surface area (Å²) in [6.45, 7) is 2.73. The van der Waals surface area contributed by atoms with Crippen molar-refractivity contribution in [2.24, 2.45) is 0 Å². The molecule has 0 N–H and O–H groups in total. The van der Waals surface area contributed by atoms with Gasteiger partial charge in [-0.2, -0.15) is 5.26 Å². The molecule has 0 fully saturated rings. The van der Waals surface area contributed by atoms with Crippen molar-refractivity contribution in [2.45, 2.75) is 19.4 Å². The van der Waals surface area contributed by atoms with Crippen molar-refractivity contribution >= 4 is 17.2 Å². The molecular weight excluding hydrogens is 296 g/mol. The van der Waals surface area contributed by atoms with E-state index in [0.29, 0.717) is 11.3 Å². The Bertz CT molecular complexity index is 732. The second-order valence-electron chi connectivity index (χ2n) is 5.21. The summed E-state index contributed by atoms with van der Waals surface area (Å²) in [6, 6.07) is 11.2. The smallest absolute Gasteiger partial charge is 0.261 e. The minimum atomic E-state index is -0.0444. The van der Waals surface area contributed by atoms with Crippen LogP contribution < -0.4 is 4.74 Å². The molecule has 112 valence electrons. The predicted octanol–water partition coefficient (Wildman–Crippen LogP) is 3.14. The molecule has 1 amide bonds. The highest BCUT2D eigenvalue weighted by Crippen LogP contribution is 2.32. The quantitative estimate of drug-likeness (QED) is 0.875. The van der Waals surface area contributed by atoms with Crippen LogP contribution in [0, 0.1) is 11.3 Å². The Kier molecular flexibility index (Phi) is 4.12. The van der Waals surface area contributed by atoms with Crippen LogP contribution >= 0.6 is 11.3 Å². The van der Waals surface area contributed by atoms with Crippen molar-refractivity contribution in [1.29, 1.82) is 5.26 Å². The number of ether oxygens (including phenoxy) is 1. The Hall–Kier alpha value is -2.32. The lowest BCUT2D eigenvalue weighted by Gasteiger charge is -2.33. The van der Waals surface area contributed by atoms with Crippen molar-refractivity contribution in [1.82, 2.24) is 4.90 Å². The van der Waals surface area contributed by atoms with Crippen LogP contribution in [-0.4, -0.2) is 24.0 Å². The summed E-state index contributed by atoms with van der Waals surface area (Å²) in [7, 11) is 0. The molecule has 2 heterocycles. The molecule has 0 saturated heterocycles. The van der Waals surface area contributed by atoms with Gasteiger partial charge in [-0.25, -0.2) is 0 Å². The van der Waals surface area contributed by atoms with Crippen molar-refractivity contribution in [3.8, 4) is 11.8 Å². The summed E-state index contributed by atoms with van der Waals surface area (Å²) >= 11 is 1.75. The molecule has 2 aromatic rings. The SMILES string of the molecule is CC1c2ccsc2CCN1C(=O)COc1ccccc1C#N. The van der Waals surface area contributed by atoms with Gasteiger partial charge in [-0.3, -0.25) is 4.79 Å². The maximum Gasteiger partial charge on any atom is 0.261 e. The number of hydrogen-bond donors (Lipinski definition) is 0. The number of benzene rings is 1. The van der Waals surface area contributed by atoms with Crippen LogP contribution in [0.2, 0.25) is 0 Å². The first-order valence-electron chi connectivity index (χ1n) is 7.18. The molecule has 0 saturated carbocycles. The minimum Gasteiger partial charge on any atom is -0.482 e. The molecule has 5 heteroatoms. The first-order chi connectivity index (χ1) is 10.7. The fourth-order valence-electron chi connectivity index (χ4n) is 2.76. The maximum atomic E-state index is 12.4. The number of fused-ring (bicyclic) bond motifs is 1. The molecular formula is C17H16N2O2S. The van der Waals surface area contributed by atoms with E-state index >= 15 is 0 Å². The average Bonchev–Trinajstić information content (AvgIpc) is 3.02. The molecule has 22 heavy (non-hydrogen) atoms. The molecule has 0 bridgehead atoms. The summed E-state index contributed by atoms with van der Waals surface area (Å²) in [4.78, 5) is 15.7. The highest BCUT2D eigenvalue weighted by Gasteiger charge is 2.28. The van der Waals surface area contributed by atoms with Crippen LogP contribution in [0.1, 0.15) is 29.0 Å². The normalized spacial score (nSPS) is 16.7. The standard InChI is InChI=1S/C17H16N2O2S/c1-12-14-7-9-22-16(14)6-8-19(12)17(20)11-21-15-5-3-2-4-13(15)10-18/h2-5,7,9,12H,6,8,11H2,1H3. The van der Waals surface area contributed by atoms with E-state index < -0.39 is 0 Å². The molecule has 0 radical (unpaired) electrons. The van der Waals surface area contributed by atoms with Gasteiger partial charge in [-0.15, -0.1) is 11.3 Å². The first kappa shape index (κ1) is 14.6. The van der Waals surface area contributed by atoms with Gasteiger partial charge in [0.05, 0.1) is 11.6 Å². The van der Waals surface area contributed by atoms with Crippen LogP contribution in [-0.2, 0) is 11.2 Å². The van der Waals surface area contributed by atoms with E-state index in [0.717, 1.165) is 13.0 Å². The third-order valence-electron chi connectivity index (χ3n) is 3.96. The molecule has 1 aromatic heterocycles. The van der Waals surface area contributed by atoms with E-state index in [2.05, 4.69) is 17.5 Å². The molecule has 1 atom stereocenters. The molecule has 1 aliphatic heterocycles. The Morgan fingerprint density at radius 3 is 3.09 bits per heavy atom. The van der Waals surface area contributed by atoms with Crippen molar-refractivity contribution in [2.75, 3.05) is 13.2 Å². The number of rotatable bonds is 3. The number of amides is 1. The Morgan fingerprint density at radius 2 is 2.27 bits per heavy atom. The zero-order chi connectivity index (χ0) is 15.5. The van der Waals surface area contributed by atoms with Gasteiger partial charge < -0.3 is 9.64 Å². The summed E-state index contributed by atoms with van der Waals surface area (Å²) in [5.41, 5.74) is 1.68. The predicted molar refractivity (Wildman–Crippen MR) is 84.8 cm³/mol. The van der Waals surface area contributed by atoms with E-state index in [4.69, 9.17) is 10.00 Å². The van der Waals surface area contributed by atoms with Crippen molar-refractivity contribution in [3.05, 3.63) is 51.7 Å². The fourth-order valence-corrected chi connectivity index (χ4v) is 3.72.